The highest BCUT2D eigenvalue weighted by molar-refractivity contribution is 6.24. The SMILES string of the molecule is Cn1c(CNc2ccc(C(=N)N)cc2)nc2cc(C(=O)N(CCC(=O)C(C=O)(C=O)C=O)c3ccccn3)ccc21. The third-order valence-corrected chi connectivity index (χ3v) is 6.67. The van der Waals surface area contributed by atoms with Gasteiger partial charge < -0.3 is 30.0 Å². The number of pyridine rings is 1. The molecule has 208 valence electrons. The molecule has 0 aliphatic rings. The first-order valence-electron chi connectivity index (χ1n) is 12.5. The lowest BCUT2D eigenvalue weighted by atomic mass is 9.86. The molecule has 0 spiro atoms. The molecule has 0 saturated carbocycles. The predicted molar refractivity (Wildman–Crippen MR) is 152 cm³/mol. The van der Waals surface area contributed by atoms with Crippen LogP contribution in [0.1, 0.15) is 28.2 Å². The number of imidazole rings is 1. The number of carbonyl (C=O) groups excluding carboxylic acids is 5. The number of benzene rings is 2. The van der Waals surface area contributed by atoms with E-state index in [1.807, 2.05) is 23.7 Å². The fraction of sp³-hybridized carbons (Fsp3) is 0.172. The molecule has 2 aromatic carbocycles. The summed E-state index contributed by atoms with van der Waals surface area (Å²) in [6.45, 7) is 0.172. The highest BCUT2D eigenvalue weighted by Gasteiger charge is 2.38. The maximum Gasteiger partial charge on any atom is 0.259 e. The van der Waals surface area contributed by atoms with Crippen LogP contribution in [-0.2, 0) is 32.8 Å². The van der Waals surface area contributed by atoms with Crippen molar-refractivity contribution in [3.63, 3.8) is 0 Å². The number of Topliss-reactive ketones (excluding diaryl/α,β-unsaturated/α-hetero) is 1. The van der Waals surface area contributed by atoms with Crippen LogP contribution >= 0.6 is 0 Å². The van der Waals surface area contributed by atoms with Crippen LogP contribution < -0.4 is 16.0 Å². The number of nitrogens with zero attached hydrogens (tertiary/aromatic N) is 4. The number of ketones is 1. The molecular formula is C29H27N7O5. The number of aldehydes is 3. The molecule has 0 fully saturated rings. The molecule has 4 N–H and O–H groups in total. The zero-order valence-corrected chi connectivity index (χ0v) is 22.1. The first kappa shape index (κ1) is 28.5. The van der Waals surface area contributed by atoms with E-state index in [-0.39, 0.29) is 42.6 Å². The molecule has 12 heteroatoms. The highest BCUT2D eigenvalue weighted by atomic mass is 16.2. The Morgan fingerprint density at radius 3 is 2.32 bits per heavy atom. The lowest BCUT2D eigenvalue weighted by molar-refractivity contribution is -0.142. The van der Waals surface area contributed by atoms with Gasteiger partial charge in [0.2, 0.25) is 0 Å². The summed E-state index contributed by atoms with van der Waals surface area (Å²) in [7, 11) is 1.86. The van der Waals surface area contributed by atoms with Gasteiger partial charge in [0.05, 0.1) is 17.6 Å². The Morgan fingerprint density at radius 1 is 1.02 bits per heavy atom. The van der Waals surface area contributed by atoms with E-state index in [4.69, 9.17) is 11.1 Å². The molecule has 0 bridgehead atoms. The summed E-state index contributed by atoms with van der Waals surface area (Å²) in [6, 6.07) is 17.1. The number of anilines is 2. The van der Waals surface area contributed by atoms with E-state index in [1.165, 1.54) is 11.1 Å². The van der Waals surface area contributed by atoms with Crippen molar-refractivity contribution in [2.24, 2.45) is 18.2 Å². The van der Waals surface area contributed by atoms with Crippen LogP contribution in [-0.4, -0.2) is 57.5 Å². The maximum atomic E-state index is 13.6. The third-order valence-electron chi connectivity index (χ3n) is 6.67. The number of nitrogen functional groups attached to an aromatic ring is 1. The van der Waals surface area contributed by atoms with Crippen LogP contribution in [0.25, 0.3) is 11.0 Å². The zero-order valence-electron chi connectivity index (χ0n) is 22.1. The Kier molecular flexibility index (Phi) is 8.42. The number of hydrogen-bond acceptors (Lipinski definition) is 9. The van der Waals surface area contributed by atoms with E-state index in [2.05, 4.69) is 15.3 Å². The third kappa shape index (κ3) is 5.91. The molecule has 12 nitrogen and oxygen atoms in total. The molecule has 1 amide bonds. The van der Waals surface area contributed by atoms with Crippen LogP contribution in [0.2, 0.25) is 0 Å². The van der Waals surface area contributed by atoms with Gasteiger partial charge in [-0.05, 0) is 54.6 Å². The van der Waals surface area contributed by atoms with Gasteiger partial charge in [-0.1, -0.05) is 6.07 Å². The minimum absolute atomic E-state index is 0.00483. The molecule has 2 aromatic heterocycles. The quantitative estimate of drug-likeness (QED) is 0.0966. The van der Waals surface area contributed by atoms with Crippen molar-refractivity contribution in [3.05, 3.63) is 83.8 Å². The maximum absolute atomic E-state index is 13.6. The zero-order chi connectivity index (χ0) is 29.6. The van der Waals surface area contributed by atoms with Crippen LogP contribution in [0.3, 0.4) is 0 Å². The van der Waals surface area contributed by atoms with Crippen molar-refractivity contribution in [2.75, 3.05) is 16.8 Å². The standard InChI is InChI=1S/C29H27N7O5/c1-35-23-10-7-20(14-22(23)34-26(35)15-33-21-8-5-19(6-9-21)27(30)31)28(41)36(25-4-2-3-12-32-25)13-11-24(40)29(16-37,17-38)18-39/h2-10,12,14,16-18,33H,11,13,15H2,1H3,(H3,30,31). The van der Waals surface area contributed by atoms with E-state index in [1.54, 1.807) is 48.5 Å². The van der Waals surface area contributed by atoms with Crippen molar-refractivity contribution in [2.45, 2.75) is 13.0 Å². The molecule has 0 unspecified atom stereocenters. The lowest BCUT2D eigenvalue weighted by Crippen LogP contribution is -2.40. The summed E-state index contributed by atoms with van der Waals surface area (Å²) >= 11 is 0. The number of fused-ring (bicyclic) bond motifs is 1. The van der Waals surface area contributed by atoms with Crippen molar-refractivity contribution in [3.8, 4) is 0 Å². The number of nitrogens with one attached hydrogen (secondary N) is 2. The Morgan fingerprint density at radius 2 is 1.71 bits per heavy atom. The van der Waals surface area contributed by atoms with Crippen molar-refractivity contribution in [1.82, 2.24) is 14.5 Å². The van der Waals surface area contributed by atoms with Gasteiger partial charge in [-0.25, -0.2) is 9.97 Å². The molecule has 0 aliphatic heterocycles. The highest BCUT2D eigenvalue weighted by Crippen LogP contribution is 2.22. The number of amides is 1. The first-order chi connectivity index (χ1) is 19.7. The number of aryl methyl sites for hydroxylation is 1. The van der Waals surface area contributed by atoms with E-state index >= 15 is 0 Å². The van der Waals surface area contributed by atoms with Crippen molar-refractivity contribution < 1.29 is 24.0 Å². The van der Waals surface area contributed by atoms with Gasteiger partial charge in [-0.15, -0.1) is 0 Å². The molecule has 41 heavy (non-hydrogen) atoms. The van der Waals surface area contributed by atoms with Gasteiger partial charge in [0.25, 0.3) is 5.91 Å². The number of amidine groups is 1. The van der Waals surface area contributed by atoms with Crippen LogP contribution in [0.4, 0.5) is 11.5 Å². The minimum atomic E-state index is -2.40. The first-order valence-corrected chi connectivity index (χ1v) is 12.5. The number of hydrogen-bond donors (Lipinski definition) is 3. The lowest BCUT2D eigenvalue weighted by Gasteiger charge is -2.23. The fourth-order valence-corrected chi connectivity index (χ4v) is 4.19. The van der Waals surface area contributed by atoms with Gasteiger partial charge in [-0.2, -0.15) is 0 Å². The van der Waals surface area contributed by atoms with Gasteiger partial charge in [0.15, 0.2) is 11.2 Å². The average molecular weight is 554 g/mol. The monoisotopic (exact) mass is 553 g/mol. The summed E-state index contributed by atoms with van der Waals surface area (Å²) in [6.07, 6.45) is 1.08. The predicted octanol–water partition coefficient (Wildman–Crippen LogP) is 2.05. The molecular weight excluding hydrogens is 526 g/mol. The molecule has 0 atom stereocenters. The van der Waals surface area contributed by atoms with E-state index in [0.717, 1.165) is 11.2 Å². The van der Waals surface area contributed by atoms with Gasteiger partial charge in [-0.3, -0.25) is 19.9 Å². The second-order valence-electron chi connectivity index (χ2n) is 9.24. The summed E-state index contributed by atoms with van der Waals surface area (Å²) in [5, 5.41) is 10.8. The van der Waals surface area contributed by atoms with Gasteiger partial charge in [0, 0.05) is 43.0 Å². The van der Waals surface area contributed by atoms with Crippen LogP contribution in [0.5, 0.6) is 0 Å². The number of aromatic nitrogens is 3. The van der Waals surface area contributed by atoms with Crippen LogP contribution in [0, 0.1) is 10.8 Å². The van der Waals surface area contributed by atoms with Gasteiger partial charge in [0.1, 0.15) is 36.3 Å². The molecule has 2 heterocycles. The summed E-state index contributed by atoms with van der Waals surface area (Å²) < 4.78 is 1.90. The van der Waals surface area contributed by atoms with E-state index in [9.17, 15) is 24.0 Å². The van der Waals surface area contributed by atoms with Crippen molar-refractivity contribution in [1.29, 1.82) is 5.41 Å². The largest absolute Gasteiger partial charge is 0.384 e. The molecule has 0 radical (unpaired) electrons. The Hall–Kier alpha value is -5.52. The van der Waals surface area contributed by atoms with Gasteiger partial charge >= 0.3 is 0 Å². The van der Waals surface area contributed by atoms with Crippen molar-refractivity contribution >= 4 is 58.9 Å². The number of carbonyl (C=O) groups is 5. The molecule has 4 rings (SSSR count). The van der Waals surface area contributed by atoms with Crippen LogP contribution in [0.15, 0.2) is 66.9 Å². The molecule has 0 saturated heterocycles. The number of nitrogens with two attached hydrogens (primary N) is 1. The Labute approximate surface area is 234 Å². The average Bonchev–Trinajstić information content (AvgIpc) is 3.32. The molecule has 4 aromatic rings. The van der Waals surface area contributed by atoms with E-state index in [0.29, 0.717) is 23.4 Å². The molecule has 0 aliphatic carbocycles. The number of rotatable bonds is 13. The minimum Gasteiger partial charge on any atom is -0.384 e. The Bertz CT molecular complexity index is 1610. The second-order valence-corrected chi connectivity index (χ2v) is 9.24. The Balaban J connectivity index is 1.57. The fourth-order valence-electron chi connectivity index (χ4n) is 4.19. The summed E-state index contributed by atoms with van der Waals surface area (Å²) in [5.41, 5.74) is 6.19. The van der Waals surface area contributed by atoms with E-state index < -0.39 is 23.5 Å². The normalized spacial score (nSPS) is 11.0. The smallest absolute Gasteiger partial charge is 0.259 e. The topological polar surface area (TPSA) is 181 Å². The summed E-state index contributed by atoms with van der Waals surface area (Å²) in [5.74, 6) is -0.453. The summed E-state index contributed by atoms with van der Waals surface area (Å²) in [4.78, 5) is 70.3. The second kappa shape index (κ2) is 12.1.